The molecule has 2 aromatic carbocycles. The van der Waals surface area contributed by atoms with Gasteiger partial charge in [-0.05, 0) is 31.5 Å². The maximum atomic E-state index is 14.6. The fraction of sp³-hybridized carbons (Fsp3) is 0.174. The third-order valence-electron chi connectivity index (χ3n) is 5.18. The Labute approximate surface area is 194 Å². The van der Waals surface area contributed by atoms with E-state index in [2.05, 4.69) is 20.7 Å². The van der Waals surface area contributed by atoms with Crippen molar-refractivity contribution in [3.63, 3.8) is 0 Å². The molecule has 2 atom stereocenters. The number of ketones is 1. The van der Waals surface area contributed by atoms with E-state index in [9.17, 15) is 14.0 Å². The molecule has 4 aromatic rings. The van der Waals surface area contributed by atoms with E-state index in [4.69, 9.17) is 11.6 Å². The van der Waals surface area contributed by atoms with Crippen LogP contribution in [-0.4, -0.2) is 36.5 Å². The van der Waals surface area contributed by atoms with E-state index >= 15 is 0 Å². The predicted molar refractivity (Wildman–Crippen MR) is 120 cm³/mol. The van der Waals surface area contributed by atoms with Gasteiger partial charge in [0.2, 0.25) is 11.7 Å². The van der Waals surface area contributed by atoms with Crippen molar-refractivity contribution in [1.82, 2.24) is 30.1 Å². The fourth-order valence-corrected chi connectivity index (χ4v) is 3.39. The van der Waals surface area contributed by atoms with Crippen LogP contribution in [0.15, 0.2) is 67.1 Å². The van der Waals surface area contributed by atoms with Crippen molar-refractivity contribution in [3.05, 3.63) is 94.8 Å². The van der Waals surface area contributed by atoms with Crippen LogP contribution in [-0.2, 0) is 4.79 Å². The Bertz CT molecular complexity index is 1300. The Morgan fingerprint density at radius 2 is 1.85 bits per heavy atom. The molecule has 0 aliphatic heterocycles. The molecule has 0 radical (unpaired) electrons. The van der Waals surface area contributed by atoms with Gasteiger partial charge in [-0.15, -0.1) is 5.10 Å². The molecule has 8 nitrogen and oxygen atoms in total. The summed E-state index contributed by atoms with van der Waals surface area (Å²) in [4.78, 5) is 25.3. The van der Waals surface area contributed by atoms with Crippen LogP contribution in [0.4, 0.5) is 4.39 Å². The van der Waals surface area contributed by atoms with Crippen LogP contribution < -0.4 is 5.32 Å². The average Bonchev–Trinajstić information content (AvgIpc) is 3.48. The number of hydrogen-bond acceptors (Lipinski definition) is 5. The fourth-order valence-electron chi connectivity index (χ4n) is 3.26. The lowest BCUT2D eigenvalue weighted by molar-refractivity contribution is -0.124. The van der Waals surface area contributed by atoms with Gasteiger partial charge < -0.3 is 5.32 Å². The second-order valence-electron chi connectivity index (χ2n) is 7.50. The standard InChI is InChI=1S/C23H20ClFN6O2/c1-14(17-8-9-21(19(25)10-17)31-12-18(24)11-26-31)27-23(33)15(2)30-13-20(28-29-30)22(32)16-6-4-3-5-7-16/h3-15H,1-2H3,(H,27,33). The topological polar surface area (TPSA) is 94.7 Å². The maximum absolute atomic E-state index is 14.6. The minimum Gasteiger partial charge on any atom is -0.348 e. The van der Waals surface area contributed by atoms with Gasteiger partial charge >= 0.3 is 0 Å². The van der Waals surface area contributed by atoms with E-state index in [1.165, 1.54) is 34.0 Å². The molecule has 0 saturated carbocycles. The van der Waals surface area contributed by atoms with E-state index < -0.39 is 17.9 Å². The molecule has 2 unspecified atom stereocenters. The highest BCUT2D eigenvalue weighted by Crippen LogP contribution is 2.21. The highest BCUT2D eigenvalue weighted by molar-refractivity contribution is 6.30. The van der Waals surface area contributed by atoms with Gasteiger partial charge in [-0.2, -0.15) is 5.10 Å². The summed E-state index contributed by atoms with van der Waals surface area (Å²) in [5.74, 6) is -1.13. The van der Waals surface area contributed by atoms with E-state index in [1.807, 2.05) is 6.07 Å². The number of hydrogen-bond donors (Lipinski definition) is 1. The lowest BCUT2D eigenvalue weighted by Gasteiger charge is -2.18. The summed E-state index contributed by atoms with van der Waals surface area (Å²) in [5.41, 5.74) is 1.45. The molecule has 0 fully saturated rings. The first kappa shape index (κ1) is 22.3. The average molecular weight is 467 g/mol. The molecular formula is C23H20ClFN6O2. The summed E-state index contributed by atoms with van der Waals surface area (Å²) in [6, 6.07) is 12.1. The summed E-state index contributed by atoms with van der Waals surface area (Å²) < 4.78 is 17.3. The van der Waals surface area contributed by atoms with Gasteiger partial charge in [0.05, 0.1) is 23.5 Å². The number of aromatic nitrogens is 5. The molecule has 168 valence electrons. The minimum atomic E-state index is -0.729. The third kappa shape index (κ3) is 4.83. The Morgan fingerprint density at radius 1 is 1.09 bits per heavy atom. The molecule has 2 aromatic heterocycles. The van der Waals surface area contributed by atoms with Gasteiger partial charge in [-0.3, -0.25) is 9.59 Å². The van der Waals surface area contributed by atoms with Gasteiger partial charge in [-0.25, -0.2) is 13.8 Å². The van der Waals surface area contributed by atoms with Crippen LogP contribution in [0.3, 0.4) is 0 Å². The highest BCUT2D eigenvalue weighted by Gasteiger charge is 2.22. The summed E-state index contributed by atoms with van der Waals surface area (Å²) >= 11 is 5.85. The molecule has 0 bridgehead atoms. The van der Waals surface area contributed by atoms with Crippen LogP contribution in [0.2, 0.25) is 5.02 Å². The van der Waals surface area contributed by atoms with E-state index in [0.29, 0.717) is 16.1 Å². The van der Waals surface area contributed by atoms with E-state index in [1.54, 1.807) is 50.2 Å². The molecule has 1 amide bonds. The zero-order valence-electron chi connectivity index (χ0n) is 17.8. The normalized spacial score (nSPS) is 12.8. The lowest BCUT2D eigenvalue weighted by atomic mass is 10.1. The maximum Gasteiger partial charge on any atom is 0.245 e. The number of rotatable bonds is 7. The van der Waals surface area contributed by atoms with Gasteiger partial charge in [0.15, 0.2) is 5.69 Å². The van der Waals surface area contributed by atoms with Gasteiger partial charge in [-0.1, -0.05) is 53.2 Å². The van der Waals surface area contributed by atoms with Crippen LogP contribution in [0.5, 0.6) is 0 Å². The van der Waals surface area contributed by atoms with Crippen molar-refractivity contribution < 1.29 is 14.0 Å². The Hall–Kier alpha value is -3.85. The smallest absolute Gasteiger partial charge is 0.245 e. The summed E-state index contributed by atoms with van der Waals surface area (Å²) in [6.45, 7) is 3.38. The van der Waals surface area contributed by atoms with Crippen LogP contribution in [0.25, 0.3) is 5.69 Å². The number of nitrogens with one attached hydrogen (secondary N) is 1. The van der Waals surface area contributed by atoms with E-state index in [0.717, 1.165) is 0 Å². The molecule has 1 N–H and O–H groups in total. The number of amides is 1. The van der Waals surface area contributed by atoms with Crippen molar-refractivity contribution in [2.24, 2.45) is 0 Å². The molecular weight excluding hydrogens is 447 g/mol. The number of benzene rings is 2. The third-order valence-corrected chi connectivity index (χ3v) is 5.38. The van der Waals surface area contributed by atoms with Crippen molar-refractivity contribution in [1.29, 1.82) is 0 Å². The monoisotopic (exact) mass is 466 g/mol. The SMILES string of the molecule is CC(NC(=O)C(C)n1cc(C(=O)c2ccccc2)nn1)c1ccc(-n2cc(Cl)cn2)c(F)c1. The molecule has 0 aliphatic rings. The number of nitrogens with zero attached hydrogens (tertiary/aromatic N) is 5. The second kappa shape index (κ2) is 9.33. The Kier molecular flexibility index (Phi) is 6.32. The largest absolute Gasteiger partial charge is 0.348 e. The highest BCUT2D eigenvalue weighted by atomic mass is 35.5. The first-order valence-corrected chi connectivity index (χ1v) is 10.5. The zero-order valence-corrected chi connectivity index (χ0v) is 18.6. The Balaban J connectivity index is 1.43. The summed E-state index contributed by atoms with van der Waals surface area (Å²) in [5, 5.41) is 15.1. The van der Waals surface area contributed by atoms with Crippen molar-refractivity contribution >= 4 is 23.3 Å². The first-order valence-electron chi connectivity index (χ1n) is 10.2. The molecule has 10 heteroatoms. The van der Waals surface area contributed by atoms with Crippen LogP contribution >= 0.6 is 11.6 Å². The first-order chi connectivity index (χ1) is 15.8. The van der Waals surface area contributed by atoms with Crippen LogP contribution in [0, 0.1) is 5.82 Å². The molecule has 0 saturated heterocycles. The van der Waals surface area contributed by atoms with Crippen molar-refractivity contribution in [2.75, 3.05) is 0 Å². The van der Waals surface area contributed by atoms with Gasteiger partial charge in [0, 0.05) is 11.8 Å². The summed E-state index contributed by atoms with van der Waals surface area (Å²) in [6.07, 6.45) is 4.36. The van der Waals surface area contributed by atoms with Crippen LogP contribution in [0.1, 0.15) is 47.5 Å². The summed E-state index contributed by atoms with van der Waals surface area (Å²) in [7, 11) is 0. The zero-order chi connectivity index (χ0) is 23.5. The van der Waals surface area contributed by atoms with Crippen molar-refractivity contribution in [3.8, 4) is 5.69 Å². The molecule has 33 heavy (non-hydrogen) atoms. The molecule has 0 aliphatic carbocycles. The lowest BCUT2D eigenvalue weighted by Crippen LogP contribution is -2.33. The molecule has 0 spiro atoms. The van der Waals surface area contributed by atoms with Crippen molar-refractivity contribution in [2.45, 2.75) is 25.9 Å². The second-order valence-corrected chi connectivity index (χ2v) is 7.94. The Morgan fingerprint density at radius 3 is 2.52 bits per heavy atom. The predicted octanol–water partition coefficient (Wildman–Crippen LogP) is 3.93. The number of carbonyl (C=O) groups excluding carboxylic acids is 2. The molecule has 4 rings (SSSR count). The van der Waals surface area contributed by atoms with Gasteiger partial charge in [0.25, 0.3) is 0 Å². The van der Waals surface area contributed by atoms with E-state index in [-0.39, 0.29) is 23.1 Å². The minimum absolute atomic E-state index is 0.144. The number of halogens is 2. The van der Waals surface area contributed by atoms with Gasteiger partial charge in [0.1, 0.15) is 17.5 Å². The quantitative estimate of drug-likeness (QED) is 0.416. The number of carbonyl (C=O) groups is 2. The molecule has 2 heterocycles.